The van der Waals surface area contributed by atoms with Gasteiger partial charge < -0.3 is 10.5 Å². The lowest BCUT2D eigenvalue weighted by molar-refractivity contribution is -0.156. The first-order valence-electron chi connectivity index (χ1n) is 5.20. The molecule has 0 aliphatic carbocycles. The number of rotatable bonds is 2. The van der Waals surface area contributed by atoms with Crippen LogP contribution in [0.4, 0.5) is 0 Å². The second-order valence-electron chi connectivity index (χ2n) is 4.71. The van der Waals surface area contributed by atoms with Crippen LogP contribution in [0.3, 0.4) is 0 Å². The number of carbonyl (C=O) groups excluding carboxylic acids is 1. The van der Waals surface area contributed by atoms with Crippen molar-refractivity contribution in [1.82, 2.24) is 0 Å². The Bertz CT molecular complexity index is 380. The number of hydrogen-bond acceptors (Lipinski definition) is 3. The van der Waals surface area contributed by atoms with Crippen molar-refractivity contribution in [3.05, 3.63) is 42.3 Å². The zero-order chi connectivity index (χ0) is 12.3. The van der Waals surface area contributed by atoms with Crippen LogP contribution in [0.15, 0.2) is 24.3 Å². The van der Waals surface area contributed by atoms with Crippen molar-refractivity contribution in [2.45, 2.75) is 32.4 Å². The monoisotopic (exact) mass is 220 g/mol. The molecule has 3 heteroatoms. The molecule has 0 heterocycles. The third kappa shape index (κ3) is 3.35. The fourth-order valence-corrected chi connectivity index (χ4v) is 1.33. The zero-order valence-corrected chi connectivity index (χ0v) is 9.99. The van der Waals surface area contributed by atoms with Crippen LogP contribution in [-0.4, -0.2) is 11.6 Å². The van der Waals surface area contributed by atoms with Crippen LogP contribution < -0.4 is 5.73 Å². The van der Waals surface area contributed by atoms with Gasteiger partial charge in [0.1, 0.15) is 11.6 Å². The quantitative estimate of drug-likeness (QED) is 0.777. The summed E-state index contributed by atoms with van der Waals surface area (Å²) in [6.45, 7) is 9.27. The van der Waals surface area contributed by atoms with E-state index < -0.39 is 17.6 Å². The highest BCUT2D eigenvalue weighted by Gasteiger charge is 2.24. The number of esters is 1. The minimum atomic E-state index is -0.770. The molecule has 0 aliphatic heterocycles. The topological polar surface area (TPSA) is 52.3 Å². The molecular formula is C13H18NO2. The summed E-state index contributed by atoms with van der Waals surface area (Å²) < 4.78 is 5.22. The Morgan fingerprint density at radius 3 is 2.44 bits per heavy atom. The molecule has 87 valence electrons. The van der Waals surface area contributed by atoms with E-state index in [9.17, 15) is 4.79 Å². The molecule has 1 unspecified atom stereocenters. The van der Waals surface area contributed by atoms with Crippen molar-refractivity contribution in [2.75, 3.05) is 0 Å². The van der Waals surface area contributed by atoms with Crippen molar-refractivity contribution in [1.29, 1.82) is 0 Å². The van der Waals surface area contributed by atoms with Crippen LogP contribution in [0.5, 0.6) is 0 Å². The van der Waals surface area contributed by atoms with E-state index in [-0.39, 0.29) is 0 Å². The summed E-state index contributed by atoms with van der Waals surface area (Å²) in [6, 6.07) is 6.52. The third-order valence-corrected chi connectivity index (χ3v) is 2.05. The lowest BCUT2D eigenvalue weighted by Gasteiger charge is -2.22. The maximum Gasteiger partial charge on any atom is 0.328 e. The molecule has 0 amide bonds. The summed E-state index contributed by atoms with van der Waals surface area (Å²) in [5, 5.41) is 0. The van der Waals surface area contributed by atoms with E-state index >= 15 is 0 Å². The number of ether oxygens (including phenoxy) is 1. The van der Waals surface area contributed by atoms with Crippen LogP contribution in [0.1, 0.15) is 37.9 Å². The molecule has 1 aromatic carbocycles. The van der Waals surface area contributed by atoms with Gasteiger partial charge >= 0.3 is 5.97 Å². The van der Waals surface area contributed by atoms with Gasteiger partial charge in [0.25, 0.3) is 0 Å². The van der Waals surface area contributed by atoms with Gasteiger partial charge in [-0.1, -0.05) is 24.3 Å². The maximum absolute atomic E-state index is 11.7. The van der Waals surface area contributed by atoms with Crippen molar-refractivity contribution in [3.63, 3.8) is 0 Å². The number of hydrogen-bond donors (Lipinski definition) is 1. The Morgan fingerprint density at radius 2 is 1.94 bits per heavy atom. The van der Waals surface area contributed by atoms with Crippen LogP contribution in [0, 0.1) is 6.92 Å². The van der Waals surface area contributed by atoms with Gasteiger partial charge in [0.05, 0.1) is 0 Å². The summed E-state index contributed by atoms with van der Waals surface area (Å²) in [4.78, 5) is 11.7. The largest absolute Gasteiger partial charge is 0.459 e. The second kappa shape index (κ2) is 4.66. The average molecular weight is 220 g/mol. The standard InChI is InChI=1S/C13H18NO2/c1-9-7-5-6-8-10(9)11(14)12(15)16-13(2,3)4/h5-8,11H,1,14H2,2-4H3. The van der Waals surface area contributed by atoms with Crippen LogP contribution in [-0.2, 0) is 9.53 Å². The molecule has 0 saturated heterocycles. The molecule has 1 aromatic rings. The lowest BCUT2D eigenvalue weighted by atomic mass is 10.0. The fourth-order valence-electron chi connectivity index (χ4n) is 1.33. The normalized spacial score (nSPS) is 13.3. The number of benzene rings is 1. The Hall–Kier alpha value is -1.35. The molecule has 1 atom stereocenters. The van der Waals surface area contributed by atoms with Crippen LogP contribution in [0.2, 0.25) is 0 Å². The first-order chi connectivity index (χ1) is 7.31. The second-order valence-corrected chi connectivity index (χ2v) is 4.71. The van der Waals surface area contributed by atoms with Crippen molar-refractivity contribution >= 4 is 5.97 Å². The van der Waals surface area contributed by atoms with E-state index in [4.69, 9.17) is 10.5 Å². The first-order valence-corrected chi connectivity index (χ1v) is 5.20. The molecule has 0 saturated carbocycles. The molecule has 1 rings (SSSR count). The highest BCUT2D eigenvalue weighted by atomic mass is 16.6. The summed E-state index contributed by atoms with van der Waals surface area (Å²) in [5.41, 5.74) is 6.77. The molecule has 16 heavy (non-hydrogen) atoms. The number of carbonyl (C=O) groups is 1. The number of nitrogens with two attached hydrogens (primary N) is 1. The molecule has 0 aromatic heterocycles. The van der Waals surface area contributed by atoms with Gasteiger partial charge in [0, 0.05) is 0 Å². The minimum Gasteiger partial charge on any atom is -0.459 e. The molecule has 2 N–H and O–H groups in total. The molecule has 0 spiro atoms. The van der Waals surface area contributed by atoms with E-state index in [1.807, 2.05) is 39.0 Å². The van der Waals surface area contributed by atoms with E-state index in [1.54, 1.807) is 6.07 Å². The summed E-state index contributed by atoms with van der Waals surface area (Å²) >= 11 is 0. The highest BCUT2D eigenvalue weighted by Crippen LogP contribution is 2.19. The average Bonchev–Trinajstić information content (AvgIpc) is 2.15. The fraction of sp³-hybridized carbons (Fsp3) is 0.385. The Morgan fingerprint density at radius 1 is 1.38 bits per heavy atom. The molecule has 1 radical (unpaired) electrons. The summed E-state index contributed by atoms with van der Waals surface area (Å²) in [5.74, 6) is -0.427. The van der Waals surface area contributed by atoms with Crippen LogP contribution in [0.25, 0.3) is 0 Å². The SMILES string of the molecule is [CH2]c1ccccc1C(N)C(=O)OC(C)(C)C. The molecule has 0 aliphatic rings. The molecule has 0 bridgehead atoms. The highest BCUT2D eigenvalue weighted by molar-refractivity contribution is 5.78. The Kier molecular flexibility index (Phi) is 3.70. The molecule has 0 fully saturated rings. The molecule has 3 nitrogen and oxygen atoms in total. The predicted octanol–water partition coefficient (Wildman–Crippen LogP) is 2.21. The van der Waals surface area contributed by atoms with Gasteiger partial charge in [-0.3, -0.25) is 0 Å². The van der Waals surface area contributed by atoms with Gasteiger partial charge in [-0.25, -0.2) is 4.79 Å². The van der Waals surface area contributed by atoms with Crippen molar-refractivity contribution in [3.8, 4) is 0 Å². The third-order valence-electron chi connectivity index (χ3n) is 2.05. The minimum absolute atomic E-state index is 0.427. The van der Waals surface area contributed by atoms with Gasteiger partial charge in [-0.05, 0) is 38.8 Å². The van der Waals surface area contributed by atoms with E-state index in [0.717, 1.165) is 5.56 Å². The van der Waals surface area contributed by atoms with E-state index in [1.165, 1.54) is 0 Å². The van der Waals surface area contributed by atoms with Crippen molar-refractivity contribution in [2.24, 2.45) is 5.73 Å². The maximum atomic E-state index is 11.7. The van der Waals surface area contributed by atoms with Crippen molar-refractivity contribution < 1.29 is 9.53 Å². The van der Waals surface area contributed by atoms with Gasteiger partial charge in [0.2, 0.25) is 0 Å². The van der Waals surface area contributed by atoms with E-state index in [2.05, 4.69) is 6.92 Å². The van der Waals surface area contributed by atoms with Gasteiger partial charge in [-0.2, -0.15) is 0 Å². The Labute approximate surface area is 96.6 Å². The van der Waals surface area contributed by atoms with Gasteiger partial charge in [-0.15, -0.1) is 0 Å². The zero-order valence-electron chi connectivity index (χ0n) is 9.99. The van der Waals surface area contributed by atoms with E-state index in [0.29, 0.717) is 5.56 Å². The van der Waals surface area contributed by atoms with Crippen LogP contribution >= 0.6 is 0 Å². The predicted molar refractivity (Wildman–Crippen MR) is 63.7 cm³/mol. The van der Waals surface area contributed by atoms with Gasteiger partial charge in [0.15, 0.2) is 0 Å². The summed E-state index contributed by atoms with van der Waals surface area (Å²) in [6.07, 6.45) is 0. The smallest absolute Gasteiger partial charge is 0.328 e. The Balaban J connectivity index is 2.83. The lowest BCUT2D eigenvalue weighted by Crippen LogP contribution is -2.31. The summed E-state index contributed by atoms with van der Waals surface area (Å²) in [7, 11) is 0. The first kappa shape index (κ1) is 12.7. The molecular weight excluding hydrogens is 202 g/mol.